The molecule has 1 atom stereocenters. The van der Waals surface area contributed by atoms with Gasteiger partial charge in [0.05, 0.1) is 11.8 Å². The highest BCUT2D eigenvalue weighted by Crippen LogP contribution is 2.24. The van der Waals surface area contributed by atoms with Crippen molar-refractivity contribution in [3.63, 3.8) is 0 Å². The lowest BCUT2D eigenvalue weighted by Crippen LogP contribution is -2.80. The first-order valence-corrected chi connectivity index (χ1v) is 13.6. The number of hydrogen-bond acceptors (Lipinski definition) is 4. The van der Waals surface area contributed by atoms with Crippen LogP contribution in [0.3, 0.4) is 0 Å². The fourth-order valence-corrected chi connectivity index (χ4v) is 6.45. The van der Waals surface area contributed by atoms with Gasteiger partial charge in [-0.2, -0.15) is 0 Å². The number of carboxylic acids is 1. The molecule has 0 radical (unpaired) electrons. The highest BCUT2D eigenvalue weighted by atomic mass is 32.2. The van der Waals surface area contributed by atoms with Crippen molar-refractivity contribution in [1.29, 1.82) is 0 Å². The number of pyridine rings is 1. The number of fused-ring (bicyclic) bond motifs is 1. The van der Waals surface area contributed by atoms with Gasteiger partial charge in [-0.15, -0.1) is 0 Å². The van der Waals surface area contributed by atoms with Crippen LogP contribution in [-0.2, 0) is 27.7 Å². The summed E-state index contributed by atoms with van der Waals surface area (Å²) in [5, 5.41) is 11.3. The summed E-state index contributed by atoms with van der Waals surface area (Å²) in [5.41, 5.74) is 2.52. The van der Waals surface area contributed by atoms with E-state index in [9.17, 15) is 18.3 Å². The summed E-state index contributed by atoms with van der Waals surface area (Å²) >= 11 is 0. The molecule has 4 N–H and O–H groups in total. The Labute approximate surface area is 186 Å². The number of nitrogens with one attached hydrogen (secondary N) is 1. The smallest absolute Gasteiger partial charge is 0.321 e. The zero-order chi connectivity index (χ0) is 22.1. The van der Waals surface area contributed by atoms with Gasteiger partial charge in [0.25, 0.3) is 0 Å². The molecule has 7 nitrogen and oxygen atoms in total. The topological polar surface area (TPSA) is 113 Å². The minimum absolute atomic E-state index is 0.351. The fraction of sp³-hybridized carbons (Fsp3) is 0.739. The van der Waals surface area contributed by atoms with Crippen molar-refractivity contribution in [2.24, 2.45) is 0 Å². The van der Waals surface area contributed by atoms with Crippen molar-refractivity contribution in [3.05, 3.63) is 23.4 Å². The lowest BCUT2D eigenvalue weighted by Gasteiger charge is -2.24. The van der Waals surface area contributed by atoms with Gasteiger partial charge in [0.1, 0.15) is 6.04 Å². The van der Waals surface area contributed by atoms with Gasteiger partial charge < -0.3 is 5.11 Å². The number of aromatic nitrogens is 1. The lowest BCUT2D eigenvalue weighted by molar-refractivity contribution is -0.579. The first-order chi connectivity index (χ1) is 15.0. The van der Waals surface area contributed by atoms with Crippen LogP contribution in [0, 0.1) is 0 Å². The summed E-state index contributed by atoms with van der Waals surface area (Å²) in [6.45, 7) is 1.12. The minimum Gasteiger partial charge on any atom is -0.480 e. The number of quaternary nitrogens is 1. The number of carbonyl (C=O) groups is 1. The molecule has 2 aliphatic rings. The molecule has 2 heterocycles. The number of aliphatic carboxylic acids is 1. The van der Waals surface area contributed by atoms with Crippen LogP contribution in [-0.4, -0.2) is 42.3 Å². The van der Waals surface area contributed by atoms with Crippen molar-refractivity contribution >= 4 is 21.8 Å². The van der Waals surface area contributed by atoms with E-state index < -0.39 is 27.3 Å². The minimum atomic E-state index is -3.56. The third-order valence-electron chi connectivity index (χ3n) is 6.58. The predicted molar refractivity (Wildman–Crippen MR) is 121 cm³/mol. The van der Waals surface area contributed by atoms with E-state index >= 15 is 0 Å². The van der Waals surface area contributed by atoms with Crippen LogP contribution >= 0.6 is 0 Å². The number of unbranched alkanes of at least 4 members (excludes halogenated alkanes) is 4. The van der Waals surface area contributed by atoms with Gasteiger partial charge in [-0.3, -0.25) is 10.1 Å². The van der Waals surface area contributed by atoms with E-state index in [1.54, 1.807) is 0 Å². The zero-order valence-electron chi connectivity index (χ0n) is 18.5. The van der Waals surface area contributed by atoms with Crippen LogP contribution in [0.5, 0.6) is 0 Å². The third-order valence-corrected chi connectivity index (χ3v) is 8.54. The van der Waals surface area contributed by atoms with E-state index in [0.717, 1.165) is 76.4 Å². The molecule has 1 aromatic rings. The molecule has 3 rings (SSSR count). The maximum absolute atomic E-state index is 12.5. The number of hydrogen-bond donors (Lipinski definition) is 3. The van der Waals surface area contributed by atoms with Crippen molar-refractivity contribution in [1.82, 2.24) is 9.71 Å². The molecular formula is C23H38N3O4S+. The Morgan fingerprint density at radius 3 is 2.61 bits per heavy atom. The molecule has 8 heteroatoms. The van der Waals surface area contributed by atoms with Gasteiger partial charge in [-0.25, -0.2) is 18.1 Å². The van der Waals surface area contributed by atoms with Crippen molar-refractivity contribution in [3.8, 4) is 0 Å². The Hall–Kier alpha value is -1.51. The van der Waals surface area contributed by atoms with E-state index in [1.807, 2.05) is 0 Å². The van der Waals surface area contributed by atoms with E-state index in [4.69, 9.17) is 4.98 Å². The van der Waals surface area contributed by atoms with E-state index in [1.165, 1.54) is 17.8 Å². The standard InChI is InChI=1S/C23H37N3O4S/c27-23(28)21(26-31(29,30)20-12-6-4-7-13-20)14-8-3-1-2-5-11-19-16-15-18-10-9-17-24-22(18)25-19/h15-16,20-21,26H,1-14,17H2,(H,24,25)(H,27,28)/p+1. The summed E-state index contributed by atoms with van der Waals surface area (Å²) in [4.78, 5) is 16.3. The molecule has 174 valence electrons. The normalized spacial score (nSPS) is 18.5. The van der Waals surface area contributed by atoms with Crippen LogP contribution in [0.4, 0.5) is 5.82 Å². The number of carboxylic acid groups (broad SMARTS) is 1. The number of aryl methyl sites for hydroxylation is 2. The van der Waals surface area contributed by atoms with Gasteiger partial charge in [0.2, 0.25) is 15.8 Å². The number of nitrogens with two attached hydrogens (primary N) is 1. The summed E-state index contributed by atoms with van der Waals surface area (Å²) in [6, 6.07) is 3.35. The first kappa shape index (κ1) is 24.1. The summed E-state index contributed by atoms with van der Waals surface area (Å²) in [5.74, 6) is 0.0915. The Morgan fingerprint density at radius 2 is 1.84 bits per heavy atom. The molecule has 0 saturated heterocycles. The second-order valence-corrected chi connectivity index (χ2v) is 11.1. The first-order valence-electron chi connectivity index (χ1n) is 12.0. The molecule has 1 aromatic heterocycles. The SMILES string of the molecule is O=C(O)C(CCCCCCCc1ccc2c(n1)[NH2+]CCC2)NS(=O)(=O)C1CCCCC1. The van der Waals surface area contributed by atoms with Gasteiger partial charge in [-0.1, -0.05) is 44.9 Å². The molecule has 1 aliphatic heterocycles. The monoisotopic (exact) mass is 452 g/mol. The van der Waals surface area contributed by atoms with Gasteiger partial charge in [0, 0.05) is 17.7 Å². The van der Waals surface area contributed by atoms with Gasteiger partial charge >= 0.3 is 5.97 Å². The highest BCUT2D eigenvalue weighted by Gasteiger charge is 2.31. The van der Waals surface area contributed by atoms with E-state index in [0.29, 0.717) is 19.3 Å². The molecule has 1 fully saturated rings. The van der Waals surface area contributed by atoms with Gasteiger partial charge in [-0.05, 0) is 50.7 Å². The maximum atomic E-state index is 12.5. The van der Waals surface area contributed by atoms with E-state index in [2.05, 4.69) is 22.2 Å². The second kappa shape index (κ2) is 11.9. The van der Waals surface area contributed by atoms with Crippen molar-refractivity contribution < 1.29 is 23.6 Å². The van der Waals surface area contributed by atoms with Gasteiger partial charge in [0.15, 0.2) is 0 Å². The molecule has 1 saturated carbocycles. The molecule has 31 heavy (non-hydrogen) atoms. The van der Waals surface area contributed by atoms with Crippen LogP contribution < -0.4 is 10.0 Å². The Morgan fingerprint density at radius 1 is 1.10 bits per heavy atom. The largest absolute Gasteiger partial charge is 0.480 e. The zero-order valence-corrected chi connectivity index (χ0v) is 19.3. The molecule has 0 amide bonds. The van der Waals surface area contributed by atoms with Crippen molar-refractivity contribution in [2.75, 3.05) is 6.54 Å². The molecule has 0 aromatic carbocycles. The Bertz CT molecular complexity index is 822. The molecule has 0 spiro atoms. The fourth-order valence-electron chi connectivity index (χ4n) is 4.69. The molecular weight excluding hydrogens is 414 g/mol. The number of rotatable bonds is 12. The molecule has 1 unspecified atom stereocenters. The average Bonchev–Trinajstić information content (AvgIpc) is 2.78. The summed E-state index contributed by atoms with van der Waals surface area (Å²) < 4.78 is 27.5. The Balaban J connectivity index is 1.32. The van der Waals surface area contributed by atoms with Crippen LogP contribution in [0.25, 0.3) is 0 Å². The van der Waals surface area contributed by atoms with E-state index in [-0.39, 0.29) is 0 Å². The second-order valence-electron chi connectivity index (χ2n) is 9.06. The Kier molecular flexibility index (Phi) is 9.29. The average molecular weight is 453 g/mol. The summed E-state index contributed by atoms with van der Waals surface area (Å²) in [7, 11) is -3.56. The molecule has 0 bridgehead atoms. The third kappa shape index (κ3) is 7.54. The summed E-state index contributed by atoms with van der Waals surface area (Å²) in [6.07, 6.45) is 12.6. The lowest BCUT2D eigenvalue weighted by atomic mass is 10.0. The van der Waals surface area contributed by atoms with Crippen molar-refractivity contribution in [2.45, 2.75) is 101 Å². The number of sulfonamides is 1. The highest BCUT2D eigenvalue weighted by molar-refractivity contribution is 7.90. The maximum Gasteiger partial charge on any atom is 0.321 e. The molecule has 1 aliphatic carbocycles. The quantitative estimate of drug-likeness (QED) is 0.422. The number of nitrogens with zero attached hydrogens (tertiary/aromatic N) is 1. The van der Waals surface area contributed by atoms with Crippen LogP contribution in [0.2, 0.25) is 0 Å². The van der Waals surface area contributed by atoms with Crippen LogP contribution in [0.15, 0.2) is 12.1 Å². The van der Waals surface area contributed by atoms with Crippen LogP contribution in [0.1, 0.15) is 88.3 Å². The predicted octanol–water partition coefficient (Wildman–Crippen LogP) is 2.81.